The van der Waals surface area contributed by atoms with Crippen molar-refractivity contribution in [2.75, 3.05) is 28.2 Å². The molecule has 0 bridgehead atoms. The number of hydrogen-bond acceptors (Lipinski definition) is 1. The normalized spacial score (nSPS) is 19.8. The van der Waals surface area contributed by atoms with Crippen LogP contribution in [0, 0.1) is 0 Å². The minimum atomic E-state index is 0. The van der Waals surface area contributed by atoms with Crippen LogP contribution in [0.5, 0.6) is 0 Å². The number of guanidine groups is 1. The molecule has 2 rings (SSSR count). The third-order valence-electron chi connectivity index (χ3n) is 3.87. The first kappa shape index (κ1) is 18.3. The maximum absolute atomic E-state index is 4.87. The highest BCUT2D eigenvalue weighted by molar-refractivity contribution is 14.0. The van der Waals surface area contributed by atoms with Crippen molar-refractivity contribution in [3.63, 3.8) is 0 Å². The molecule has 0 aliphatic heterocycles. The van der Waals surface area contributed by atoms with E-state index in [9.17, 15) is 0 Å². The van der Waals surface area contributed by atoms with E-state index < -0.39 is 0 Å². The Bertz CT molecular complexity index is 467. The Morgan fingerprint density at radius 2 is 1.57 bits per heavy atom. The van der Waals surface area contributed by atoms with Gasteiger partial charge in [-0.1, -0.05) is 38.1 Å². The quantitative estimate of drug-likeness (QED) is 0.436. The smallest absolute Gasteiger partial charge is 0.195 e. The molecule has 1 fully saturated rings. The second-order valence-corrected chi connectivity index (χ2v) is 6.45. The van der Waals surface area contributed by atoms with Crippen molar-refractivity contribution >= 4 is 29.9 Å². The second kappa shape index (κ2) is 7.47. The van der Waals surface area contributed by atoms with E-state index in [2.05, 4.69) is 47.9 Å². The van der Waals surface area contributed by atoms with Crippen LogP contribution >= 0.6 is 24.0 Å². The maximum atomic E-state index is 4.87. The average Bonchev–Trinajstić information content (AvgIpc) is 3.14. The van der Waals surface area contributed by atoms with Crippen molar-refractivity contribution in [2.24, 2.45) is 4.99 Å². The summed E-state index contributed by atoms with van der Waals surface area (Å²) in [5.41, 5.74) is 2.84. The molecule has 2 unspecified atom stereocenters. The summed E-state index contributed by atoms with van der Waals surface area (Å²) in [5.74, 6) is 2.26. The fourth-order valence-corrected chi connectivity index (χ4v) is 2.59. The van der Waals surface area contributed by atoms with Gasteiger partial charge in [0.05, 0.1) is 6.04 Å². The topological polar surface area (TPSA) is 18.8 Å². The summed E-state index contributed by atoms with van der Waals surface area (Å²) in [6.45, 7) is 4.47. The van der Waals surface area contributed by atoms with Gasteiger partial charge in [0.15, 0.2) is 5.96 Å². The summed E-state index contributed by atoms with van der Waals surface area (Å²) in [6, 6.07) is 9.52. The molecule has 1 aliphatic carbocycles. The molecule has 1 aromatic rings. The first-order chi connectivity index (χ1) is 9.40. The lowest BCUT2D eigenvalue weighted by Gasteiger charge is -2.22. The zero-order chi connectivity index (χ0) is 14.9. The van der Waals surface area contributed by atoms with Crippen LogP contribution in [-0.4, -0.2) is 50.0 Å². The van der Waals surface area contributed by atoms with Crippen LogP contribution in [0.4, 0.5) is 0 Å². The van der Waals surface area contributed by atoms with Gasteiger partial charge in [0.1, 0.15) is 0 Å². The van der Waals surface area contributed by atoms with Gasteiger partial charge in [0.25, 0.3) is 0 Å². The van der Waals surface area contributed by atoms with Gasteiger partial charge in [-0.05, 0) is 23.5 Å². The van der Waals surface area contributed by atoms with Crippen LogP contribution in [0.15, 0.2) is 29.3 Å². The van der Waals surface area contributed by atoms with E-state index in [0.717, 1.165) is 5.96 Å². The molecule has 4 heteroatoms. The van der Waals surface area contributed by atoms with Crippen LogP contribution < -0.4 is 0 Å². The molecule has 0 radical (unpaired) electrons. The molecule has 1 aromatic carbocycles. The summed E-state index contributed by atoms with van der Waals surface area (Å²) >= 11 is 0. The molecule has 0 aromatic heterocycles. The van der Waals surface area contributed by atoms with E-state index in [1.807, 2.05) is 28.2 Å². The second-order valence-electron chi connectivity index (χ2n) is 6.45. The number of nitrogens with zero attached hydrogens (tertiary/aromatic N) is 3. The van der Waals surface area contributed by atoms with Crippen LogP contribution in [0.3, 0.4) is 0 Å². The van der Waals surface area contributed by atoms with Crippen LogP contribution in [0.25, 0.3) is 0 Å². The number of halogens is 1. The minimum absolute atomic E-state index is 0. The van der Waals surface area contributed by atoms with E-state index in [-0.39, 0.29) is 24.0 Å². The molecule has 1 aliphatic rings. The van der Waals surface area contributed by atoms with Crippen molar-refractivity contribution < 1.29 is 0 Å². The molecule has 0 spiro atoms. The summed E-state index contributed by atoms with van der Waals surface area (Å²) in [7, 11) is 8.20. The van der Waals surface area contributed by atoms with Gasteiger partial charge in [-0.3, -0.25) is 0 Å². The number of aliphatic imine (C=N–C) groups is 1. The fourth-order valence-electron chi connectivity index (χ4n) is 2.59. The van der Waals surface area contributed by atoms with E-state index in [1.165, 1.54) is 17.5 Å². The lowest BCUT2D eigenvalue weighted by molar-refractivity contribution is 0.479. The third kappa shape index (κ3) is 4.59. The molecule has 0 amide bonds. The maximum Gasteiger partial charge on any atom is 0.195 e. The van der Waals surface area contributed by atoms with E-state index in [0.29, 0.717) is 17.9 Å². The van der Waals surface area contributed by atoms with Crippen molar-refractivity contribution in [2.45, 2.75) is 38.1 Å². The zero-order valence-corrected chi connectivity index (χ0v) is 16.3. The highest BCUT2D eigenvalue weighted by Crippen LogP contribution is 2.43. The standard InChI is InChI=1S/C17H27N3.HI/c1-12(2)13-7-9-14(10-8-13)15-11-16(15)18-17(19(3)4)20(5)6;/h7-10,12,15-16H,11H2,1-6H3;1H. The molecule has 21 heavy (non-hydrogen) atoms. The first-order valence-electron chi connectivity index (χ1n) is 7.42. The molecule has 0 N–H and O–H groups in total. The van der Waals surface area contributed by atoms with Crippen LogP contribution in [0.1, 0.15) is 43.2 Å². The van der Waals surface area contributed by atoms with Crippen molar-refractivity contribution in [1.29, 1.82) is 0 Å². The minimum Gasteiger partial charge on any atom is -0.349 e. The number of rotatable bonds is 3. The van der Waals surface area contributed by atoms with Crippen molar-refractivity contribution in [1.82, 2.24) is 9.80 Å². The predicted octanol–water partition coefficient (Wildman–Crippen LogP) is 3.76. The van der Waals surface area contributed by atoms with Crippen molar-refractivity contribution in [3.8, 4) is 0 Å². The number of hydrogen-bond donors (Lipinski definition) is 0. The summed E-state index contributed by atoms with van der Waals surface area (Å²) < 4.78 is 0. The van der Waals surface area contributed by atoms with Gasteiger partial charge >= 0.3 is 0 Å². The highest BCUT2D eigenvalue weighted by atomic mass is 127. The first-order valence-corrected chi connectivity index (χ1v) is 7.42. The molecule has 0 saturated heterocycles. The van der Waals surface area contributed by atoms with Crippen LogP contribution in [-0.2, 0) is 0 Å². The van der Waals surface area contributed by atoms with Gasteiger partial charge in [-0.25, -0.2) is 4.99 Å². The summed E-state index contributed by atoms with van der Waals surface area (Å²) in [5, 5.41) is 0. The Hall–Kier alpha value is -0.780. The molecule has 1 saturated carbocycles. The Morgan fingerprint density at radius 1 is 1.05 bits per heavy atom. The molecule has 2 atom stereocenters. The Labute approximate surface area is 146 Å². The molecule has 0 heterocycles. The zero-order valence-electron chi connectivity index (χ0n) is 14.0. The lowest BCUT2D eigenvalue weighted by atomic mass is 10.0. The van der Waals surface area contributed by atoms with Gasteiger partial charge < -0.3 is 9.80 Å². The van der Waals surface area contributed by atoms with E-state index in [4.69, 9.17) is 4.99 Å². The number of benzene rings is 1. The van der Waals surface area contributed by atoms with E-state index in [1.54, 1.807) is 0 Å². The van der Waals surface area contributed by atoms with Gasteiger partial charge in [0.2, 0.25) is 0 Å². The predicted molar refractivity (Wildman–Crippen MR) is 102 cm³/mol. The lowest BCUT2D eigenvalue weighted by Crippen LogP contribution is -2.35. The van der Waals surface area contributed by atoms with Crippen LogP contribution in [0.2, 0.25) is 0 Å². The van der Waals surface area contributed by atoms with E-state index >= 15 is 0 Å². The molecule has 118 valence electrons. The molecular weight excluding hydrogens is 373 g/mol. The third-order valence-corrected chi connectivity index (χ3v) is 3.87. The van der Waals surface area contributed by atoms with Gasteiger partial charge in [-0.15, -0.1) is 24.0 Å². The SMILES string of the molecule is CC(C)c1ccc(C2CC2N=C(N(C)C)N(C)C)cc1.I. The van der Waals surface area contributed by atoms with Gasteiger partial charge in [-0.2, -0.15) is 0 Å². The molecular formula is C17H28IN3. The summed E-state index contributed by atoms with van der Waals surface area (Å²) in [4.78, 5) is 9.03. The Morgan fingerprint density at radius 3 is 2.00 bits per heavy atom. The fraction of sp³-hybridized carbons (Fsp3) is 0.588. The molecule has 3 nitrogen and oxygen atoms in total. The van der Waals surface area contributed by atoms with Gasteiger partial charge in [0, 0.05) is 34.1 Å². The average molecular weight is 401 g/mol. The summed E-state index contributed by atoms with van der Waals surface area (Å²) in [6.07, 6.45) is 1.17. The Kier molecular flexibility index (Phi) is 6.50. The monoisotopic (exact) mass is 401 g/mol. The Balaban J connectivity index is 0.00000220. The highest BCUT2D eigenvalue weighted by Gasteiger charge is 2.39. The van der Waals surface area contributed by atoms with Crippen molar-refractivity contribution in [3.05, 3.63) is 35.4 Å². The largest absolute Gasteiger partial charge is 0.349 e.